The molecule has 2 aliphatic carbocycles. The van der Waals surface area contributed by atoms with Gasteiger partial charge in [-0.25, -0.2) is 0 Å². The highest BCUT2D eigenvalue weighted by molar-refractivity contribution is 6.30. The van der Waals surface area contributed by atoms with Gasteiger partial charge in [-0.15, -0.1) is 0 Å². The van der Waals surface area contributed by atoms with Crippen LogP contribution in [0.2, 0.25) is 5.02 Å². The minimum absolute atomic E-state index is 0.403. The Labute approximate surface area is 102 Å². The molecule has 0 aliphatic heterocycles. The van der Waals surface area contributed by atoms with Crippen molar-refractivity contribution in [2.24, 2.45) is 0 Å². The third-order valence-electron chi connectivity index (χ3n) is 4.12. The van der Waals surface area contributed by atoms with Gasteiger partial charge in [-0.05, 0) is 43.4 Å². The van der Waals surface area contributed by atoms with Gasteiger partial charge >= 0.3 is 0 Å². The molecule has 1 N–H and O–H groups in total. The van der Waals surface area contributed by atoms with Gasteiger partial charge in [0.05, 0.1) is 0 Å². The Bertz CT molecular complexity index is 380. The molecular weight excluding hydrogens is 218 g/mol. The maximum Gasteiger partial charge on any atom is 0.0408 e. The van der Waals surface area contributed by atoms with Gasteiger partial charge < -0.3 is 5.32 Å². The van der Waals surface area contributed by atoms with Crippen LogP contribution in [0.5, 0.6) is 0 Å². The number of nitrogens with one attached hydrogen (secondary N) is 1. The lowest BCUT2D eigenvalue weighted by Crippen LogP contribution is -2.39. The molecule has 1 aromatic rings. The van der Waals surface area contributed by atoms with Gasteiger partial charge in [0.1, 0.15) is 0 Å². The molecule has 2 heteroatoms. The van der Waals surface area contributed by atoms with Crippen molar-refractivity contribution in [1.82, 2.24) is 5.32 Å². The van der Waals surface area contributed by atoms with Crippen LogP contribution >= 0.6 is 11.6 Å². The Morgan fingerprint density at radius 3 is 2.69 bits per heavy atom. The van der Waals surface area contributed by atoms with E-state index in [9.17, 15) is 0 Å². The first-order valence-corrected chi connectivity index (χ1v) is 6.66. The molecule has 0 bridgehead atoms. The predicted molar refractivity (Wildman–Crippen MR) is 68.0 cm³/mol. The van der Waals surface area contributed by atoms with Gasteiger partial charge in [-0.1, -0.05) is 30.2 Å². The van der Waals surface area contributed by atoms with Crippen LogP contribution in [0, 0.1) is 0 Å². The van der Waals surface area contributed by atoms with Gasteiger partial charge in [-0.3, -0.25) is 0 Å². The lowest BCUT2D eigenvalue weighted by molar-refractivity contribution is 0.328. The Morgan fingerprint density at radius 1 is 1.31 bits per heavy atom. The van der Waals surface area contributed by atoms with Crippen LogP contribution < -0.4 is 5.32 Å². The molecule has 0 aromatic heterocycles. The largest absolute Gasteiger partial charge is 0.313 e. The van der Waals surface area contributed by atoms with Crippen molar-refractivity contribution >= 4 is 11.6 Å². The van der Waals surface area contributed by atoms with Crippen LogP contribution in [-0.4, -0.2) is 12.6 Å². The van der Waals surface area contributed by atoms with Crippen molar-refractivity contribution in [1.29, 1.82) is 0 Å². The fraction of sp³-hybridized carbons (Fsp3) is 0.571. The first-order valence-electron chi connectivity index (χ1n) is 6.28. The number of hydrogen-bond acceptors (Lipinski definition) is 1. The molecule has 16 heavy (non-hydrogen) atoms. The van der Waals surface area contributed by atoms with E-state index in [1.54, 1.807) is 0 Å². The summed E-state index contributed by atoms with van der Waals surface area (Å²) in [6, 6.07) is 9.18. The van der Waals surface area contributed by atoms with Crippen molar-refractivity contribution in [2.45, 2.75) is 43.6 Å². The van der Waals surface area contributed by atoms with Crippen LogP contribution in [0.25, 0.3) is 0 Å². The third-order valence-corrected chi connectivity index (χ3v) is 4.36. The molecule has 2 aliphatic rings. The molecular formula is C14H18ClN. The molecule has 0 unspecified atom stereocenters. The molecule has 0 spiro atoms. The van der Waals surface area contributed by atoms with Crippen LogP contribution in [0.3, 0.4) is 0 Å². The average Bonchev–Trinajstić information content (AvgIpc) is 2.97. The molecule has 2 fully saturated rings. The highest BCUT2D eigenvalue weighted by Crippen LogP contribution is 2.48. The zero-order chi connectivity index (χ0) is 11.0. The minimum atomic E-state index is 0.403. The van der Waals surface area contributed by atoms with E-state index in [-0.39, 0.29) is 0 Å². The first-order chi connectivity index (χ1) is 7.78. The molecule has 1 aromatic carbocycles. The number of hydrogen-bond donors (Lipinski definition) is 1. The zero-order valence-electron chi connectivity index (χ0n) is 9.51. The van der Waals surface area contributed by atoms with E-state index in [0.29, 0.717) is 5.41 Å². The maximum absolute atomic E-state index is 6.06. The number of halogens is 1. The van der Waals surface area contributed by atoms with Crippen molar-refractivity contribution in [3.05, 3.63) is 34.9 Å². The molecule has 1 nitrogen and oxygen atoms in total. The topological polar surface area (TPSA) is 12.0 Å². The summed E-state index contributed by atoms with van der Waals surface area (Å²) in [6.45, 7) is 1.14. The average molecular weight is 236 g/mol. The summed E-state index contributed by atoms with van der Waals surface area (Å²) < 4.78 is 0. The Kier molecular flexibility index (Phi) is 2.68. The smallest absolute Gasteiger partial charge is 0.0408 e. The second kappa shape index (κ2) is 4.05. The highest BCUT2D eigenvalue weighted by Gasteiger charge is 2.44. The van der Waals surface area contributed by atoms with E-state index in [1.165, 1.54) is 37.7 Å². The molecule has 0 saturated heterocycles. The fourth-order valence-electron chi connectivity index (χ4n) is 2.49. The van der Waals surface area contributed by atoms with Crippen molar-refractivity contribution in [2.75, 3.05) is 6.54 Å². The van der Waals surface area contributed by atoms with Gasteiger partial charge in [-0.2, -0.15) is 0 Å². The summed E-state index contributed by atoms with van der Waals surface area (Å²) in [5.74, 6) is 0. The molecule has 3 rings (SSSR count). The standard InChI is InChI=1S/C14H18ClN/c15-12-4-1-3-11(9-12)14(7-8-14)10-16-13-5-2-6-13/h1,3-4,9,13,16H,2,5-8,10H2. The van der Waals surface area contributed by atoms with Crippen LogP contribution in [0.1, 0.15) is 37.7 Å². The lowest BCUT2D eigenvalue weighted by atomic mass is 9.90. The minimum Gasteiger partial charge on any atom is -0.313 e. The van der Waals surface area contributed by atoms with Gasteiger partial charge in [0.25, 0.3) is 0 Å². The third kappa shape index (κ3) is 1.99. The lowest BCUT2D eigenvalue weighted by Gasteiger charge is -2.29. The van der Waals surface area contributed by atoms with Crippen molar-refractivity contribution in [3.63, 3.8) is 0 Å². The summed E-state index contributed by atoms with van der Waals surface area (Å²) in [5, 5.41) is 4.56. The highest BCUT2D eigenvalue weighted by atomic mass is 35.5. The summed E-state index contributed by atoms with van der Waals surface area (Å²) in [4.78, 5) is 0. The summed E-state index contributed by atoms with van der Waals surface area (Å²) in [5.41, 5.74) is 1.83. The summed E-state index contributed by atoms with van der Waals surface area (Å²) in [6.07, 6.45) is 6.76. The Hall–Kier alpha value is -0.530. The maximum atomic E-state index is 6.06. The molecule has 0 heterocycles. The van der Waals surface area contributed by atoms with Crippen LogP contribution in [-0.2, 0) is 5.41 Å². The van der Waals surface area contributed by atoms with E-state index >= 15 is 0 Å². The zero-order valence-corrected chi connectivity index (χ0v) is 10.3. The van der Waals surface area contributed by atoms with Gasteiger partial charge in [0.2, 0.25) is 0 Å². The van der Waals surface area contributed by atoms with E-state index in [2.05, 4.69) is 23.5 Å². The van der Waals surface area contributed by atoms with E-state index in [0.717, 1.165) is 17.6 Å². The van der Waals surface area contributed by atoms with E-state index < -0.39 is 0 Å². The number of rotatable bonds is 4. The summed E-state index contributed by atoms with van der Waals surface area (Å²) in [7, 11) is 0. The van der Waals surface area contributed by atoms with E-state index in [1.807, 2.05) is 6.07 Å². The van der Waals surface area contributed by atoms with E-state index in [4.69, 9.17) is 11.6 Å². The van der Waals surface area contributed by atoms with Crippen molar-refractivity contribution < 1.29 is 0 Å². The second-order valence-corrected chi connectivity index (χ2v) is 5.74. The van der Waals surface area contributed by atoms with Crippen LogP contribution in [0.15, 0.2) is 24.3 Å². The monoisotopic (exact) mass is 235 g/mol. The molecule has 0 amide bonds. The Morgan fingerprint density at radius 2 is 2.12 bits per heavy atom. The SMILES string of the molecule is Clc1cccc(C2(CNC3CCC3)CC2)c1. The van der Waals surface area contributed by atoms with Gasteiger partial charge in [0.15, 0.2) is 0 Å². The molecule has 0 radical (unpaired) electrons. The summed E-state index contributed by atoms with van der Waals surface area (Å²) >= 11 is 6.06. The fourth-order valence-corrected chi connectivity index (χ4v) is 2.68. The van der Waals surface area contributed by atoms with Crippen LogP contribution in [0.4, 0.5) is 0 Å². The normalized spacial score (nSPS) is 22.8. The molecule has 0 atom stereocenters. The van der Waals surface area contributed by atoms with Crippen molar-refractivity contribution in [3.8, 4) is 0 Å². The Balaban J connectivity index is 1.67. The quantitative estimate of drug-likeness (QED) is 0.842. The second-order valence-electron chi connectivity index (χ2n) is 5.30. The predicted octanol–water partition coefficient (Wildman–Crippen LogP) is 3.51. The number of benzene rings is 1. The molecule has 86 valence electrons. The van der Waals surface area contributed by atoms with Gasteiger partial charge in [0, 0.05) is 23.0 Å². The molecule has 2 saturated carbocycles. The first kappa shape index (κ1) is 10.6.